The molecule has 0 aliphatic carbocycles. The normalized spacial score (nSPS) is 11.1. The van der Waals surface area contributed by atoms with Crippen LogP contribution in [0.4, 0.5) is 4.39 Å². The number of rotatable bonds is 3. The molecule has 0 radical (unpaired) electrons. The van der Waals surface area contributed by atoms with Crippen LogP contribution >= 0.6 is 0 Å². The molecule has 0 fully saturated rings. The molecule has 2 aromatic carbocycles. The predicted octanol–water partition coefficient (Wildman–Crippen LogP) is 4.76. The third-order valence-electron chi connectivity index (χ3n) is 4.13. The van der Waals surface area contributed by atoms with E-state index in [-0.39, 0.29) is 5.82 Å². The van der Waals surface area contributed by atoms with Crippen molar-refractivity contribution in [3.8, 4) is 22.4 Å². The Hall–Kier alpha value is -3.01. The maximum atomic E-state index is 13.2. The maximum absolute atomic E-state index is 13.2. The van der Waals surface area contributed by atoms with E-state index >= 15 is 0 Å². The Morgan fingerprint density at radius 2 is 1.67 bits per heavy atom. The molecule has 0 aliphatic heterocycles. The van der Waals surface area contributed by atoms with Crippen LogP contribution in [-0.2, 0) is 6.42 Å². The molecular weight excluding hydrogens is 301 g/mol. The third-order valence-corrected chi connectivity index (χ3v) is 4.13. The second kappa shape index (κ2) is 5.89. The molecule has 4 aromatic rings. The number of nitrogens with zero attached hydrogens (tertiary/aromatic N) is 3. The summed E-state index contributed by atoms with van der Waals surface area (Å²) in [5.74, 6) is -0.247. The summed E-state index contributed by atoms with van der Waals surface area (Å²) in [5, 5.41) is 4.77. The van der Waals surface area contributed by atoms with Crippen LogP contribution in [-0.4, -0.2) is 14.6 Å². The van der Waals surface area contributed by atoms with Crippen LogP contribution in [0.2, 0.25) is 0 Å². The number of hydrogen-bond acceptors (Lipinski definition) is 2. The fraction of sp³-hybridized carbons (Fsp3) is 0.100. The fourth-order valence-electron chi connectivity index (χ4n) is 2.98. The molecule has 0 N–H and O–H groups in total. The van der Waals surface area contributed by atoms with Crippen molar-refractivity contribution in [1.29, 1.82) is 0 Å². The summed E-state index contributed by atoms with van der Waals surface area (Å²) < 4.78 is 15.1. The molecule has 24 heavy (non-hydrogen) atoms. The van der Waals surface area contributed by atoms with Gasteiger partial charge in [0, 0.05) is 17.3 Å². The highest BCUT2D eigenvalue weighted by Gasteiger charge is 2.16. The zero-order chi connectivity index (χ0) is 16.5. The Labute approximate surface area is 139 Å². The maximum Gasteiger partial charge on any atom is 0.163 e. The van der Waals surface area contributed by atoms with Gasteiger partial charge in [-0.2, -0.15) is 5.10 Å². The van der Waals surface area contributed by atoms with Gasteiger partial charge in [-0.15, -0.1) is 0 Å². The average Bonchev–Trinajstić information content (AvgIpc) is 3.02. The van der Waals surface area contributed by atoms with Crippen molar-refractivity contribution in [1.82, 2.24) is 14.6 Å². The molecule has 2 aromatic heterocycles. The minimum absolute atomic E-state index is 0.247. The van der Waals surface area contributed by atoms with Crippen LogP contribution in [0.15, 0.2) is 66.9 Å². The third kappa shape index (κ3) is 2.36. The Balaban J connectivity index is 1.99. The van der Waals surface area contributed by atoms with Crippen molar-refractivity contribution in [2.24, 2.45) is 0 Å². The van der Waals surface area contributed by atoms with Gasteiger partial charge in [0.25, 0.3) is 0 Å². The van der Waals surface area contributed by atoms with Crippen LogP contribution in [0.25, 0.3) is 28.0 Å². The second-order valence-electron chi connectivity index (χ2n) is 5.61. The molecular formula is C20H16FN3. The summed E-state index contributed by atoms with van der Waals surface area (Å²) in [6.45, 7) is 2.09. The van der Waals surface area contributed by atoms with E-state index in [0.29, 0.717) is 0 Å². The number of aromatic nitrogens is 3. The van der Waals surface area contributed by atoms with Crippen molar-refractivity contribution in [3.63, 3.8) is 0 Å². The minimum Gasteiger partial charge on any atom is -0.236 e. The van der Waals surface area contributed by atoms with Crippen LogP contribution in [0, 0.1) is 5.82 Å². The molecule has 0 spiro atoms. The van der Waals surface area contributed by atoms with Crippen LogP contribution in [0.1, 0.15) is 12.6 Å². The summed E-state index contributed by atoms with van der Waals surface area (Å²) >= 11 is 0. The number of hydrogen-bond donors (Lipinski definition) is 0. The number of aryl methyl sites for hydroxylation is 1. The van der Waals surface area contributed by atoms with Crippen LogP contribution in [0.5, 0.6) is 0 Å². The Morgan fingerprint density at radius 3 is 2.38 bits per heavy atom. The molecule has 118 valence electrons. The SMILES string of the molecule is CCc1nn2c(-c3ccc(F)cc3)ccnc2c1-c1ccccc1. The zero-order valence-corrected chi connectivity index (χ0v) is 13.3. The molecule has 0 aliphatic rings. The molecule has 0 unspecified atom stereocenters. The molecule has 0 bridgehead atoms. The van der Waals surface area contributed by atoms with Gasteiger partial charge < -0.3 is 0 Å². The van der Waals surface area contributed by atoms with Gasteiger partial charge in [0.05, 0.1) is 11.4 Å². The van der Waals surface area contributed by atoms with Gasteiger partial charge >= 0.3 is 0 Å². The van der Waals surface area contributed by atoms with E-state index in [1.165, 1.54) is 12.1 Å². The molecule has 0 saturated heterocycles. The summed E-state index contributed by atoms with van der Waals surface area (Å²) in [6.07, 6.45) is 2.60. The molecule has 4 heteroatoms. The van der Waals surface area contributed by atoms with Gasteiger partial charge in [0.2, 0.25) is 0 Å². The van der Waals surface area contributed by atoms with Crippen molar-refractivity contribution in [3.05, 3.63) is 78.4 Å². The molecule has 2 heterocycles. The average molecular weight is 317 g/mol. The van der Waals surface area contributed by atoms with Gasteiger partial charge in [0.1, 0.15) is 5.82 Å². The summed E-state index contributed by atoms with van der Waals surface area (Å²) in [4.78, 5) is 4.56. The molecule has 0 saturated carbocycles. The highest BCUT2D eigenvalue weighted by molar-refractivity contribution is 5.81. The van der Waals surface area contributed by atoms with E-state index < -0.39 is 0 Å². The van der Waals surface area contributed by atoms with E-state index in [9.17, 15) is 4.39 Å². The first-order valence-corrected chi connectivity index (χ1v) is 7.96. The smallest absolute Gasteiger partial charge is 0.163 e. The molecule has 3 nitrogen and oxygen atoms in total. The predicted molar refractivity (Wildman–Crippen MR) is 93.2 cm³/mol. The quantitative estimate of drug-likeness (QED) is 0.545. The monoisotopic (exact) mass is 317 g/mol. The lowest BCUT2D eigenvalue weighted by atomic mass is 10.0. The summed E-state index contributed by atoms with van der Waals surface area (Å²) in [7, 11) is 0. The van der Waals surface area contributed by atoms with E-state index in [1.54, 1.807) is 18.3 Å². The Morgan fingerprint density at radius 1 is 0.917 bits per heavy atom. The van der Waals surface area contributed by atoms with Crippen molar-refractivity contribution in [2.75, 3.05) is 0 Å². The first-order valence-electron chi connectivity index (χ1n) is 7.96. The van der Waals surface area contributed by atoms with E-state index in [1.807, 2.05) is 28.8 Å². The largest absolute Gasteiger partial charge is 0.236 e. The molecule has 0 amide bonds. The van der Waals surface area contributed by atoms with Gasteiger partial charge in [0.15, 0.2) is 5.65 Å². The van der Waals surface area contributed by atoms with E-state index in [4.69, 9.17) is 5.10 Å². The lowest BCUT2D eigenvalue weighted by molar-refractivity contribution is 0.628. The first kappa shape index (κ1) is 14.6. The van der Waals surface area contributed by atoms with Gasteiger partial charge in [-0.05, 0) is 42.3 Å². The van der Waals surface area contributed by atoms with Gasteiger partial charge in [-0.1, -0.05) is 37.3 Å². The second-order valence-corrected chi connectivity index (χ2v) is 5.61. The topological polar surface area (TPSA) is 30.2 Å². The van der Waals surface area contributed by atoms with Gasteiger partial charge in [-0.3, -0.25) is 0 Å². The number of halogens is 1. The van der Waals surface area contributed by atoms with Crippen LogP contribution in [0.3, 0.4) is 0 Å². The van der Waals surface area contributed by atoms with E-state index in [0.717, 1.165) is 40.1 Å². The molecule has 4 rings (SSSR count). The van der Waals surface area contributed by atoms with Gasteiger partial charge in [-0.25, -0.2) is 13.9 Å². The fourth-order valence-corrected chi connectivity index (χ4v) is 2.98. The van der Waals surface area contributed by atoms with Crippen molar-refractivity contribution < 1.29 is 4.39 Å². The molecule has 0 atom stereocenters. The first-order chi connectivity index (χ1) is 11.8. The standard InChI is InChI=1S/C20H16FN3/c1-2-17-19(15-6-4-3-5-7-15)20-22-13-12-18(24(20)23-17)14-8-10-16(21)11-9-14/h3-13H,2H2,1H3. The minimum atomic E-state index is -0.247. The highest BCUT2D eigenvalue weighted by atomic mass is 19.1. The number of fused-ring (bicyclic) bond motifs is 1. The lowest BCUT2D eigenvalue weighted by Crippen LogP contribution is -1.96. The Bertz CT molecular complexity index is 989. The summed E-state index contributed by atoms with van der Waals surface area (Å²) in [5.41, 5.74) is 5.80. The zero-order valence-electron chi connectivity index (χ0n) is 13.3. The van der Waals surface area contributed by atoms with Crippen LogP contribution < -0.4 is 0 Å². The Kier molecular flexibility index (Phi) is 3.58. The summed E-state index contributed by atoms with van der Waals surface area (Å²) in [6, 6.07) is 18.5. The van der Waals surface area contributed by atoms with Crippen molar-refractivity contribution in [2.45, 2.75) is 13.3 Å². The highest BCUT2D eigenvalue weighted by Crippen LogP contribution is 2.30. The van der Waals surface area contributed by atoms with E-state index in [2.05, 4.69) is 24.0 Å². The van der Waals surface area contributed by atoms with Crippen molar-refractivity contribution >= 4 is 5.65 Å². The number of benzene rings is 2. The lowest BCUT2D eigenvalue weighted by Gasteiger charge is -2.05.